The van der Waals surface area contributed by atoms with E-state index >= 15 is 4.79 Å². The normalized spacial score (nSPS) is 16.0. The Morgan fingerprint density at radius 3 is 1.77 bits per heavy atom. The number of nitrogens with zero attached hydrogens (tertiary/aromatic N) is 6. The number of carbonyl (C=O) groups excluding carboxylic acids is 3. The lowest BCUT2D eigenvalue weighted by Crippen LogP contribution is -2.37. The predicted molar refractivity (Wildman–Crippen MR) is 228 cm³/mol. The van der Waals surface area contributed by atoms with Crippen LogP contribution in [0.5, 0.6) is 0 Å². The minimum absolute atomic E-state index is 0.198. The molecular weight excluding hydrogens is 701 g/mol. The van der Waals surface area contributed by atoms with Crippen molar-refractivity contribution >= 4 is 106 Å². The minimum atomic E-state index is -1.07. The number of fused-ring (bicyclic) bond motifs is 4. The van der Waals surface area contributed by atoms with Gasteiger partial charge in [0.2, 0.25) is 17.5 Å². The van der Waals surface area contributed by atoms with Crippen molar-refractivity contribution in [2.45, 2.75) is 19.8 Å². The molecule has 9 rings (SSSR count). The Bertz CT molecular complexity index is 2950. The van der Waals surface area contributed by atoms with Crippen LogP contribution in [0.4, 0.5) is 34.1 Å². The van der Waals surface area contributed by atoms with Crippen molar-refractivity contribution in [2.24, 2.45) is 0 Å². The van der Waals surface area contributed by atoms with Crippen LogP contribution in [0.15, 0.2) is 84.1 Å². The summed E-state index contributed by atoms with van der Waals surface area (Å²) in [6.45, 7) is 12.3. The molecule has 2 heterocycles. The van der Waals surface area contributed by atoms with Crippen LogP contribution >= 0.6 is 0 Å². The first-order chi connectivity index (χ1) is 26.9. The molecule has 0 radical (unpaired) electrons. The van der Waals surface area contributed by atoms with Gasteiger partial charge in [-0.2, -0.15) is 0 Å². The predicted octanol–water partition coefficient (Wildman–Crippen LogP) is 8.07. The zero-order valence-electron chi connectivity index (χ0n) is 31.8. The molecule has 1 atom stereocenters. The number of Topliss-reactive ketones (excluding diaryl/α,β-unsaturated/α-hetero) is 1. The molecule has 3 aliphatic rings. The number of hydrogen-bond donors (Lipinski definition) is 2. The van der Waals surface area contributed by atoms with E-state index in [1.807, 2.05) is 88.9 Å². The number of benzene rings is 6. The molecule has 0 saturated heterocycles. The highest BCUT2D eigenvalue weighted by Crippen LogP contribution is 2.58. The van der Waals surface area contributed by atoms with E-state index in [-0.39, 0.29) is 34.4 Å². The van der Waals surface area contributed by atoms with Crippen molar-refractivity contribution in [1.82, 2.24) is 0 Å². The third-order valence-electron chi connectivity index (χ3n) is 11.4. The maximum Gasteiger partial charge on any atom is 0.221 e. The summed E-state index contributed by atoms with van der Waals surface area (Å²) in [5.74, 6) is 0.0696. The maximum atomic E-state index is 15.4. The zero-order valence-corrected chi connectivity index (χ0v) is 31.8. The van der Waals surface area contributed by atoms with Gasteiger partial charge in [-0.25, -0.2) is 4.85 Å². The lowest BCUT2D eigenvalue weighted by Gasteiger charge is -2.40. The van der Waals surface area contributed by atoms with Crippen LogP contribution < -0.4 is 30.2 Å². The summed E-state index contributed by atoms with van der Waals surface area (Å²) in [5.41, 5.74) is 5.78. The van der Waals surface area contributed by atoms with E-state index in [0.717, 1.165) is 60.5 Å². The fourth-order valence-electron chi connectivity index (χ4n) is 9.34. The summed E-state index contributed by atoms with van der Waals surface area (Å²) < 4.78 is 0. The lowest BCUT2D eigenvalue weighted by atomic mass is 9.66. The number of carbonyl (C=O) groups is 3. The molecule has 1 aliphatic carbocycles. The van der Waals surface area contributed by atoms with Gasteiger partial charge in [0, 0.05) is 91.8 Å². The maximum absolute atomic E-state index is 15.4. The molecule has 11 nitrogen and oxygen atoms in total. The van der Waals surface area contributed by atoms with Gasteiger partial charge in [-0.15, -0.1) is 0 Å². The highest BCUT2D eigenvalue weighted by molar-refractivity contribution is 6.40. The van der Waals surface area contributed by atoms with E-state index < -0.39 is 5.92 Å². The molecule has 0 aromatic heterocycles. The molecule has 1 unspecified atom stereocenters. The van der Waals surface area contributed by atoms with Crippen LogP contribution in [-0.2, 0) is 14.4 Å². The quantitative estimate of drug-likeness (QED) is 0.105. The van der Waals surface area contributed by atoms with Crippen molar-refractivity contribution < 1.29 is 14.4 Å². The number of anilines is 6. The molecule has 276 valence electrons. The van der Waals surface area contributed by atoms with Gasteiger partial charge >= 0.3 is 0 Å². The SMILES string of the molecule is [C-]#[N+]C(=C=[N-])C1=C(c2c(NC(C)=O)cc3c4c(c5ccccc5cc24)N(C)CN3C)C(=O)C1c1c(NC(C)=O)cc2c3c(c4ccccc4cc13)N(C)CN2C. The number of ketones is 1. The standard InChI is InChI=1S/C45H37N8O3/c1-23(54)48-31-18-34-38-29(16-25-12-8-10-14-27(25)43(38)52(6)21-50(34)4)36(31)41-40(33(20-46)47-3)42(45(41)56)37-30-17-26-13-9-11-15-28(26)44-39(30)35(51(5)22-53(44)7)19-32(37)49-24(2)55/h8-19,41H,21-22H2,1-2,4-7H3,(H,48,54)(H,49,55)/q-1. The molecule has 2 N–H and O–H groups in total. The fourth-order valence-corrected chi connectivity index (χ4v) is 9.34. The largest absolute Gasteiger partial charge is 0.775 e. The monoisotopic (exact) mass is 737 g/mol. The molecule has 6 aromatic rings. The number of allylic oxidation sites excluding steroid dienone is 2. The first-order valence-corrected chi connectivity index (χ1v) is 18.3. The Kier molecular flexibility index (Phi) is 7.69. The number of nitrogens with one attached hydrogen (secondary N) is 2. The number of amides is 2. The van der Waals surface area contributed by atoms with Crippen LogP contribution in [0.2, 0.25) is 0 Å². The van der Waals surface area contributed by atoms with Crippen molar-refractivity contribution in [1.29, 1.82) is 0 Å². The molecule has 0 fully saturated rings. The smallest absolute Gasteiger partial charge is 0.221 e. The molecule has 0 spiro atoms. The second-order valence-corrected chi connectivity index (χ2v) is 15.0. The van der Waals surface area contributed by atoms with Crippen LogP contribution in [-0.4, -0.2) is 65.0 Å². The van der Waals surface area contributed by atoms with E-state index in [0.29, 0.717) is 41.2 Å². The first kappa shape index (κ1) is 34.6. The van der Waals surface area contributed by atoms with Gasteiger partial charge < -0.3 is 35.6 Å². The molecule has 11 heteroatoms. The number of hydrogen-bond acceptors (Lipinski definition) is 7. The van der Waals surface area contributed by atoms with E-state index in [2.05, 4.69) is 53.1 Å². The molecule has 0 bridgehead atoms. The number of rotatable bonds is 5. The Morgan fingerprint density at radius 1 is 0.732 bits per heavy atom. The van der Waals surface area contributed by atoms with Gasteiger partial charge in [0.15, 0.2) is 5.78 Å². The van der Waals surface area contributed by atoms with Gasteiger partial charge in [0.1, 0.15) is 0 Å². The van der Waals surface area contributed by atoms with E-state index in [1.54, 1.807) is 0 Å². The first-order valence-electron chi connectivity index (χ1n) is 18.3. The van der Waals surface area contributed by atoms with E-state index in [4.69, 9.17) is 6.57 Å². The molecule has 56 heavy (non-hydrogen) atoms. The summed E-state index contributed by atoms with van der Waals surface area (Å²) >= 11 is 0. The summed E-state index contributed by atoms with van der Waals surface area (Å²) in [6, 6.07) is 24.0. The molecular formula is C45H37N8O3-. The summed E-state index contributed by atoms with van der Waals surface area (Å²) in [6.07, 6.45) is 0. The second kappa shape index (κ2) is 12.4. The third kappa shape index (κ3) is 4.83. The average molecular weight is 738 g/mol. The molecule has 2 aliphatic heterocycles. The van der Waals surface area contributed by atoms with Crippen molar-refractivity contribution in [3.05, 3.63) is 112 Å². The van der Waals surface area contributed by atoms with E-state index in [9.17, 15) is 15.0 Å². The fraction of sp³-hybridized carbons (Fsp3) is 0.200. The van der Waals surface area contributed by atoms with Crippen molar-refractivity contribution in [2.75, 3.05) is 71.8 Å². The molecule has 6 aromatic carbocycles. The van der Waals surface area contributed by atoms with E-state index in [1.165, 1.54) is 13.8 Å². The van der Waals surface area contributed by atoms with Gasteiger partial charge in [-0.3, -0.25) is 20.3 Å². The zero-order chi connectivity index (χ0) is 39.3. The Hall–Kier alpha value is -7.15. The molecule has 2 amide bonds. The molecule has 0 saturated carbocycles. The van der Waals surface area contributed by atoms with Gasteiger partial charge in [0.25, 0.3) is 0 Å². The summed E-state index contributed by atoms with van der Waals surface area (Å²) in [4.78, 5) is 53.5. The highest BCUT2D eigenvalue weighted by Gasteiger charge is 2.46. The Morgan fingerprint density at radius 2 is 1.23 bits per heavy atom. The van der Waals surface area contributed by atoms with Gasteiger partial charge in [0.05, 0.1) is 42.9 Å². The van der Waals surface area contributed by atoms with Crippen molar-refractivity contribution in [3.8, 4) is 0 Å². The average Bonchev–Trinajstić information content (AvgIpc) is 3.16. The third-order valence-corrected chi connectivity index (χ3v) is 11.4. The van der Waals surface area contributed by atoms with Crippen LogP contribution in [0.1, 0.15) is 30.9 Å². The Balaban J connectivity index is 1.44. The van der Waals surface area contributed by atoms with Crippen LogP contribution in [0.25, 0.3) is 58.9 Å². The Labute approximate surface area is 323 Å². The van der Waals surface area contributed by atoms with Gasteiger partial charge in [-0.05, 0) is 56.9 Å². The second-order valence-electron chi connectivity index (χ2n) is 15.0. The highest BCUT2D eigenvalue weighted by atomic mass is 16.2. The minimum Gasteiger partial charge on any atom is -0.775 e. The summed E-state index contributed by atoms with van der Waals surface area (Å²) in [5, 5.41) is 23.9. The topological polar surface area (TPSA) is 115 Å². The van der Waals surface area contributed by atoms with Crippen LogP contribution in [0, 0.1) is 6.57 Å². The van der Waals surface area contributed by atoms with Gasteiger partial charge in [-0.1, -0.05) is 48.5 Å². The lowest BCUT2D eigenvalue weighted by molar-refractivity contribution is -0.116. The summed E-state index contributed by atoms with van der Waals surface area (Å²) in [7, 11) is 8.02. The van der Waals surface area contributed by atoms with Crippen molar-refractivity contribution in [3.63, 3.8) is 0 Å². The van der Waals surface area contributed by atoms with Crippen LogP contribution in [0.3, 0.4) is 0 Å².